The van der Waals surface area contributed by atoms with Gasteiger partial charge in [-0.15, -0.1) is 0 Å². The summed E-state index contributed by atoms with van der Waals surface area (Å²) in [5.74, 6) is -2.33. The number of hydrogen-bond acceptors (Lipinski definition) is 4. The average molecular weight is 372 g/mol. The highest BCUT2D eigenvalue weighted by atomic mass is 16.2. The van der Waals surface area contributed by atoms with Crippen molar-refractivity contribution in [1.82, 2.24) is 9.55 Å². The van der Waals surface area contributed by atoms with Crippen LogP contribution in [0.5, 0.6) is 0 Å². The number of anilines is 1. The number of rotatable bonds is 6. The third kappa shape index (κ3) is 3.99. The van der Waals surface area contributed by atoms with Gasteiger partial charge in [0, 0.05) is 29.7 Å². The molecule has 6 nitrogen and oxygen atoms in total. The molecule has 2 heterocycles. The highest BCUT2D eigenvalue weighted by molar-refractivity contribution is 6.15. The van der Waals surface area contributed by atoms with E-state index in [0.717, 1.165) is 17.0 Å². The summed E-state index contributed by atoms with van der Waals surface area (Å²) in [6, 6.07) is 18.5. The number of nitrogens with one attached hydrogen (secondary N) is 1. The lowest BCUT2D eigenvalue weighted by atomic mass is 9.98. The molecule has 0 saturated carbocycles. The summed E-state index contributed by atoms with van der Waals surface area (Å²) in [5.41, 5.74) is 3.12. The van der Waals surface area contributed by atoms with Crippen LogP contribution in [0.4, 0.5) is 5.82 Å². The van der Waals surface area contributed by atoms with Gasteiger partial charge in [-0.05, 0) is 37.6 Å². The Kier molecular flexibility index (Phi) is 5.66. The molecule has 2 aromatic heterocycles. The first-order valence-electron chi connectivity index (χ1n) is 8.87. The molecule has 1 N–H and O–H groups in total. The van der Waals surface area contributed by atoms with Crippen molar-refractivity contribution in [3.63, 3.8) is 0 Å². The Balaban J connectivity index is 1.83. The molecule has 3 rings (SSSR count). The topological polar surface area (TPSA) is 87.8 Å². The van der Waals surface area contributed by atoms with E-state index >= 15 is 0 Å². The van der Waals surface area contributed by atoms with Crippen LogP contribution >= 0.6 is 0 Å². The third-order valence-electron chi connectivity index (χ3n) is 4.59. The van der Waals surface area contributed by atoms with E-state index < -0.39 is 17.6 Å². The van der Waals surface area contributed by atoms with E-state index in [1.54, 1.807) is 24.3 Å². The van der Waals surface area contributed by atoms with Gasteiger partial charge in [0.15, 0.2) is 11.7 Å². The zero-order valence-electron chi connectivity index (χ0n) is 15.7. The summed E-state index contributed by atoms with van der Waals surface area (Å²) in [4.78, 5) is 29.4. The minimum atomic E-state index is -1.44. The normalized spacial score (nSPS) is 11.5. The monoisotopic (exact) mass is 372 g/mol. The number of nitriles is 1. The molecule has 0 fully saturated rings. The fourth-order valence-corrected chi connectivity index (χ4v) is 3.09. The summed E-state index contributed by atoms with van der Waals surface area (Å²) in [5, 5.41) is 12.0. The summed E-state index contributed by atoms with van der Waals surface area (Å²) < 4.78 is 2.01. The minimum absolute atomic E-state index is 0.301. The number of hydrogen-bond donors (Lipinski definition) is 1. The number of benzene rings is 1. The number of aryl methyl sites for hydroxylation is 1. The van der Waals surface area contributed by atoms with Gasteiger partial charge < -0.3 is 9.88 Å². The maximum atomic E-state index is 12.9. The second-order valence-electron chi connectivity index (χ2n) is 6.49. The number of carbonyl (C=O) groups is 2. The van der Waals surface area contributed by atoms with Crippen molar-refractivity contribution in [1.29, 1.82) is 5.26 Å². The molecule has 28 heavy (non-hydrogen) atoms. The van der Waals surface area contributed by atoms with Crippen LogP contribution in [0.25, 0.3) is 0 Å². The van der Waals surface area contributed by atoms with Gasteiger partial charge in [0.1, 0.15) is 5.82 Å². The van der Waals surface area contributed by atoms with Crippen molar-refractivity contribution >= 4 is 17.5 Å². The van der Waals surface area contributed by atoms with E-state index in [-0.39, 0.29) is 0 Å². The first-order valence-corrected chi connectivity index (χ1v) is 8.87. The smallest absolute Gasteiger partial charge is 0.250 e. The van der Waals surface area contributed by atoms with E-state index in [1.165, 1.54) is 6.20 Å². The van der Waals surface area contributed by atoms with E-state index in [4.69, 9.17) is 0 Å². The zero-order valence-corrected chi connectivity index (χ0v) is 15.7. The van der Waals surface area contributed by atoms with Gasteiger partial charge >= 0.3 is 0 Å². The quantitative estimate of drug-likeness (QED) is 0.530. The lowest BCUT2D eigenvalue weighted by molar-refractivity contribution is -0.117. The van der Waals surface area contributed by atoms with Gasteiger partial charge in [0.2, 0.25) is 0 Å². The van der Waals surface area contributed by atoms with Crippen LogP contribution in [-0.2, 0) is 11.3 Å². The van der Waals surface area contributed by atoms with Crippen molar-refractivity contribution in [2.24, 2.45) is 5.92 Å². The standard InChI is InChI=1S/C22H20N4O2/c1-15-12-18(16(2)26(15)14-17-8-4-3-5-9-17)21(27)19(13-23)22(28)25-20-10-6-7-11-24-20/h3-12,19H,14H2,1-2H3,(H,24,25,28). The maximum absolute atomic E-state index is 12.9. The Labute approximate surface area is 163 Å². The van der Waals surface area contributed by atoms with Gasteiger partial charge in [-0.25, -0.2) is 4.98 Å². The van der Waals surface area contributed by atoms with Crippen molar-refractivity contribution < 1.29 is 9.59 Å². The van der Waals surface area contributed by atoms with E-state index in [9.17, 15) is 14.9 Å². The summed E-state index contributed by atoms with van der Waals surface area (Å²) in [7, 11) is 0. The number of Topliss-reactive ketones (excluding diaryl/α,β-unsaturated/α-hetero) is 1. The average Bonchev–Trinajstić information content (AvgIpc) is 2.98. The Morgan fingerprint density at radius 2 is 1.86 bits per heavy atom. The number of amides is 1. The molecule has 0 aliphatic carbocycles. The Morgan fingerprint density at radius 1 is 1.14 bits per heavy atom. The third-order valence-corrected chi connectivity index (χ3v) is 4.59. The molecule has 0 bridgehead atoms. The second kappa shape index (κ2) is 8.31. The molecular weight excluding hydrogens is 352 g/mol. The molecule has 0 spiro atoms. The second-order valence-corrected chi connectivity index (χ2v) is 6.49. The molecule has 0 radical (unpaired) electrons. The van der Waals surface area contributed by atoms with Gasteiger partial charge in [0.25, 0.3) is 5.91 Å². The van der Waals surface area contributed by atoms with Crippen molar-refractivity contribution in [2.75, 3.05) is 5.32 Å². The Morgan fingerprint density at radius 3 is 2.50 bits per heavy atom. The van der Waals surface area contributed by atoms with Crippen LogP contribution in [0, 0.1) is 31.1 Å². The fraction of sp³-hybridized carbons (Fsp3) is 0.182. The zero-order chi connectivity index (χ0) is 20.1. The van der Waals surface area contributed by atoms with Crippen molar-refractivity contribution in [2.45, 2.75) is 20.4 Å². The number of carbonyl (C=O) groups excluding carboxylic acids is 2. The van der Waals surface area contributed by atoms with Crippen LogP contribution in [0.3, 0.4) is 0 Å². The largest absolute Gasteiger partial charge is 0.344 e. The van der Waals surface area contributed by atoms with E-state index in [2.05, 4.69) is 10.3 Å². The van der Waals surface area contributed by atoms with E-state index in [1.807, 2.05) is 54.8 Å². The lowest BCUT2D eigenvalue weighted by Crippen LogP contribution is -2.29. The molecule has 140 valence electrons. The Bertz CT molecular complexity index is 1030. The van der Waals surface area contributed by atoms with Crippen molar-refractivity contribution in [3.05, 3.63) is 83.3 Å². The fourth-order valence-electron chi connectivity index (χ4n) is 3.09. The molecule has 1 atom stereocenters. The molecule has 0 saturated heterocycles. The highest BCUT2D eigenvalue weighted by Gasteiger charge is 2.30. The van der Waals surface area contributed by atoms with Gasteiger partial charge in [-0.3, -0.25) is 9.59 Å². The first kappa shape index (κ1) is 19.1. The summed E-state index contributed by atoms with van der Waals surface area (Å²) in [6.07, 6.45) is 1.52. The van der Waals surface area contributed by atoms with Crippen LogP contribution in [0.2, 0.25) is 0 Å². The highest BCUT2D eigenvalue weighted by Crippen LogP contribution is 2.21. The summed E-state index contributed by atoms with van der Waals surface area (Å²) >= 11 is 0. The molecule has 0 aliphatic heterocycles. The molecular formula is C22H20N4O2. The van der Waals surface area contributed by atoms with Gasteiger partial charge in [-0.1, -0.05) is 36.4 Å². The molecule has 1 amide bonds. The molecule has 3 aromatic rings. The minimum Gasteiger partial charge on any atom is -0.344 e. The predicted molar refractivity (Wildman–Crippen MR) is 106 cm³/mol. The number of nitrogens with zero attached hydrogens (tertiary/aromatic N) is 3. The van der Waals surface area contributed by atoms with Crippen LogP contribution < -0.4 is 5.32 Å². The van der Waals surface area contributed by atoms with Crippen LogP contribution in [0.15, 0.2) is 60.8 Å². The lowest BCUT2D eigenvalue weighted by Gasteiger charge is -2.11. The van der Waals surface area contributed by atoms with Crippen LogP contribution in [0.1, 0.15) is 27.3 Å². The first-order chi connectivity index (χ1) is 13.5. The SMILES string of the molecule is Cc1cc(C(=O)C(C#N)C(=O)Nc2ccccn2)c(C)n1Cc1ccccc1. The number of ketones is 1. The van der Waals surface area contributed by atoms with Crippen LogP contribution in [-0.4, -0.2) is 21.2 Å². The number of aromatic nitrogens is 2. The van der Waals surface area contributed by atoms with E-state index in [0.29, 0.717) is 17.9 Å². The molecule has 1 aromatic carbocycles. The maximum Gasteiger partial charge on any atom is 0.250 e. The Hall–Kier alpha value is -3.72. The summed E-state index contributed by atoms with van der Waals surface area (Å²) in [6.45, 7) is 4.35. The molecule has 1 unspecified atom stereocenters. The molecule has 0 aliphatic rings. The van der Waals surface area contributed by atoms with Gasteiger partial charge in [0.05, 0.1) is 6.07 Å². The van der Waals surface area contributed by atoms with Crippen molar-refractivity contribution in [3.8, 4) is 6.07 Å². The predicted octanol–water partition coefficient (Wildman–Crippen LogP) is 3.51. The van der Waals surface area contributed by atoms with Gasteiger partial charge in [-0.2, -0.15) is 5.26 Å². The molecule has 6 heteroatoms. The number of pyridine rings is 1.